The number of benzene rings is 2. The third-order valence-electron chi connectivity index (χ3n) is 4.15. The number of hydrogen-bond acceptors (Lipinski definition) is 3. The highest BCUT2D eigenvalue weighted by Gasteiger charge is 2.24. The van der Waals surface area contributed by atoms with Crippen LogP contribution in [0.3, 0.4) is 0 Å². The molecule has 0 aliphatic heterocycles. The molecule has 25 heavy (non-hydrogen) atoms. The number of carbonyl (C=O) groups is 1. The van der Waals surface area contributed by atoms with Crippen LogP contribution in [0.5, 0.6) is 0 Å². The fourth-order valence-corrected chi connectivity index (χ4v) is 2.66. The van der Waals surface area contributed by atoms with E-state index in [1.165, 1.54) is 0 Å². The molecule has 0 aliphatic carbocycles. The molecule has 0 heterocycles. The maximum absolute atomic E-state index is 12.3. The van der Waals surface area contributed by atoms with Gasteiger partial charge in [-0.25, -0.2) is 4.79 Å². The summed E-state index contributed by atoms with van der Waals surface area (Å²) in [5.41, 5.74) is 0.586. The van der Waals surface area contributed by atoms with Crippen molar-refractivity contribution in [3.63, 3.8) is 0 Å². The van der Waals surface area contributed by atoms with Crippen LogP contribution in [0.2, 0.25) is 0 Å². The topological polar surface area (TPSA) is 81.6 Å². The van der Waals surface area contributed by atoms with Gasteiger partial charge < -0.3 is 20.8 Å². The average molecular weight is 342 g/mol. The lowest BCUT2D eigenvalue weighted by atomic mass is 9.96. The lowest BCUT2D eigenvalue weighted by Crippen LogP contribution is -2.44. The van der Waals surface area contributed by atoms with E-state index < -0.39 is 5.60 Å². The van der Waals surface area contributed by atoms with Gasteiger partial charge in [0.25, 0.3) is 0 Å². The lowest BCUT2D eigenvalue weighted by Gasteiger charge is -2.25. The Morgan fingerprint density at radius 1 is 1.08 bits per heavy atom. The number of carbonyl (C=O) groups excluding carboxylic acids is 1. The van der Waals surface area contributed by atoms with Crippen LogP contribution in [0.4, 0.5) is 4.79 Å². The smallest absolute Gasteiger partial charge is 0.315 e. The van der Waals surface area contributed by atoms with Crippen LogP contribution < -0.4 is 10.6 Å². The zero-order valence-electron chi connectivity index (χ0n) is 14.5. The minimum Gasteiger partial charge on any atom is -0.396 e. The Labute approximate surface area is 148 Å². The van der Waals surface area contributed by atoms with Crippen molar-refractivity contribution in [3.8, 4) is 0 Å². The lowest BCUT2D eigenvalue weighted by molar-refractivity contribution is 0.0592. The molecule has 2 atom stereocenters. The average Bonchev–Trinajstić information content (AvgIpc) is 2.65. The summed E-state index contributed by atoms with van der Waals surface area (Å²) in [5, 5.41) is 25.3. The molecule has 2 rings (SSSR count). The molecule has 2 unspecified atom stereocenters. The van der Waals surface area contributed by atoms with Gasteiger partial charge in [-0.15, -0.1) is 0 Å². The van der Waals surface area contributed by atoms with Crippen LogP contribution >= 0.6 is 0 Å². The molecule has 5 heteroatoms. The van der Waals surface area contributed by atoms with Crippen molar-refractivity contribution in [2.24, 2.45) is 0 Å². The summed E-state index contributed by atoms with van der Waals surface area (Å²) in [4.78, 5) is 12.3. The molecule has 134 valence electrons. The fourth-order valence-electron chi connectivity index (χ4n) is 2.66. The molecule has 0 aliphatic rings. The van der Waals surface area contributed by atoms with Gasteiger partial charge in [0.15, 0.2) is 0 Å². The molecule has 2 aromatic rings. The van der Waals surface area contributed by atoms with E-state index in [1.54, 1.807) is 6.92 Å². The first-order valence-electron chi connectivity index (χ1n) is 8.51. The zero-order valence-corrected chi connectivity index (χ0v) is 14.5. The molecule has 5 nitrogen and oxygen atoms in total. The predicted molar refractivity (Wildman–Crippen MR) is 98.1 cm³/mol. The van der Waals surface area contributed by atoms with Crippen molar-refractivity contribution in [3.05, 3.63) is 71.8 Å². The van der Waals surface area contributed by atoms with Gasteiger partial charge in [0.05, 0.1) is 12.6 Å². The first-order chi connectivity index (χ1) is 12.0. The van der Waals surface area contributed by atoms with E-state index in [1.807, 2.05) is 60.7 Å². The van der Waals surface area contributed by atoms with Gasteiger partial charge in [-0.2, -0.15) is 0 Å². The Balaban J connectivity index is 1.94. The van der Waals surface area contributed by atoms with Gasteiger partial charge in [0, 0.05) is 6.61 Å². The molecule has 2 amide bonds. The summed E-state index contributed by atoms with van der Waals surface area (Å²) >= 11 is 0. The van der Waals surface area contributed by atoms with Gasteiger partial charge in [0.2, 0.25) is 0 Å². The van der Waals surface area contributed by atoms with Crippen molar-refractivity contribution < 1.29 is 15.0 Å². The van der Waals surface area contributed by atoms with E-state index in [0.29, 0.717) is 12.8 Å². The molecule has 0 saturated heterocycles. The molecule has 0 spiro atoms. The van der Waals surface area contributed by atoms with Gasteiger partial charge in [-0.3, -0.25) is 0 Å². The number of urea groups is 1. The number of aliphatic hydroxyl groups excluding tert-OH is 1. The van der Waals surface area contributed by atoms with E-state index in [0.717, 1.165) is 11.1 Å². The van der Waals surface area contributed by atoms with Gasteiger partial charge >= 0.3 is 6.03 Å². The number of rotatable bonds is 8. The van der Waals surface area contributed by atoms with Crippen LogP contribution in [-0.2, 0) is 5.60 Å². The largest absolute Gasteiger partial charge is 0.396 e. The van der Waals surface area contributed by atoms with Crippen molar-refractivity contribution in [2.45, 2.75) is 31.4 Å². The maximum Gasteiger partial charge on any atom is 0.315 e. The molecule has 0 fully saturated rings. The Kier molecular flexibility index (Phi) is 6.98. The predicted octanol–water partition coefficient (Wildman–Crippen LogP) is 2.71. The summed E-state index contributed by atoms with van der Waals surface area (Å²) in [6, 6.07) is 18.4. The zero-order chi connectivity index (χ0) is 18.1. The highest BCUT2D eigenvalue weighted by atomic mass is 16.3. The Bertz CT molecular complexity index is 645. The Hall–Kier alpha value is -2.37. The molecule has 0 saturated carbocycles. The van der Waals surface area contributed by atoms with Crippen molar-refractivity contribution in [2.75, 3.05) is 13.2 Å². The summed E-state index contributed by atoms with van der Waals surface area (Å²) in [5.74, 6) is 0. The molecule has 2 aromatic carbocycles. The van der Waals surface area contributed by atoms with Crippen LogP contribution in [0.25, 0.3) is 0 Å². The second-order valence-electron chi connectivity index (χ2n) is 6.30. The second kappa shape index (κ2) is 9.20. The molecular weight excluding hydrogens is 316 g/mol. The van der Waals surface area contributed by atoms with Crippen LogP contribution in [-0.4, -0.2) is 29.4 Å². The number of amides is 2. The van der Waals surface area contributed by atoms with E-state index in [-0.39, 0.29) is 25.2 Å². The Morgan fingerprint density at radius 3 is 2.28 bits per heavy atom. The third-order valence-corrected chi connectivity index (χ3v) is 4.15. The summed E-state index contributed by atoms with van der Waals surface area (Å²) < 4.78 is 0. The van der Waals surface area contributed by atoms with Gasteiger partial charge in [0.1, 0.15) is 5.60 Å². The molecule has 0 bridgehead atoms. The van der Waals surface area contributed by atoms with E-state index >= 15 is 0 Å². The highest BCUT2D eigenvalue weighted by Crippen LogP contribution is 2.20. The maximum atomic E-state index is 12.3. The number of hydrogen-bond donors (Lipinski definition) is 4. The van der Waals surface area contributed by atoms with Crippen molar-refractivity contribution in [1.82, 2.24) is 10.6 Å². The first kappa shape index (κ1) is 19.0. The van der Waals surface area contributed by atoms with Gasteiger partial charge in [-0.1, -0.05) is 60.7 Å². The monoisotopic (exact) mass is 342 g/mol. The number of nitrogens with one attached hydrogen (secondary N) is 2. The summed E-state index contributed by atoms with van der Waals surface area (Å²) in [6.45, 7) is 1.85. The summed E-state index contributed by atoms with van der Waals surface area (Å²) in [6.07, 6.45) is 1.24. The fraction of sp³-hybridized carbons (Fsp3) is 0.350. The SMILES string of the molecule is CC(O)(CNC(=O)NC(CCCO)c1ccccc1)c1ccccc1. The van der Waals surface area contributed by atoms with Crippen LogP contribution in [0, 0.1) is 0 Å². The molecule has 0 aromatic heterocycles. The normalized spacial score (nSPS) is 14.4. The first-order valence-corrected chi connectivity index (χ1v) is 8.51. The van der Waals surface area contributed by atoms with Crippen LogP contribution in [0.1, 0.15) is 36.9 Å². The molecule has 0 radical (unpaired) electrons. The highest BCUT2D eigenvalue weighted by molar-refractivity contribution is 5.74. The standard InChI is InChI=1S/C20H26N2O3/c1-20(25,17-11-6-3-7-12-17)15-21-19(24)22-18(13-8-14-23)16-9-4-2-5-10-16/h2-7,9-12,18,23,25H,8,13-15H2,1H3,(H2,21,22,24). The van der Waals surface area contributed by atoms with E-state index in [9.17, 15) is 9.90 Å². The molecular formula is C20H26N2O3. The summed E-state index contributed by atoms with van der Waals surface area (Å²) in [7, 11) is 0. The minimum atomic E-state index is -1.15. The second-order valence-corrected chi connectivity index (χ2v) is 6.30. The Morgan fingerprint density at radius 2 is 1.68 bits per heavy atom. The van der Waals surface area contributed by atoms with Crippen LogP contribution in [0.15, 0.2) is 60.7 Å². The third kappa shape index (κ3) is 5.89. The molecule has 4 N–H and O–H groups in total. The van der Waals surface area contributed by atoms with Gasteiger partial charge in [-0.05, 0) is 30.9 Å². The van der Waals surface area contributed by atoms with Crippen molar-refractivity contribution in [1.29, 1.82) is 0 Å². The van der Waals surface area contributed by atoms with E-state index in [2.05, 4.69) is 10.6 Å². The minimum absolute atomic E-state index is 0.0787. The number of aliphatic hydroxyl groups is 2. The van der Waals surface area contributed by atoms with E-state index in [4.69, 9.17) is 5.11 Å². The quantitative estimate of drug-likeness (QED) is 0.595. The van der Waals surface area contributed by atoms with Crippen molar-refractivity contribution >= 4 is 6.03 Å².